The van der Waals surface area contributed by atoms with Crippen LogP contribution in [-0.2, 0) is 24.1 Å². The zero-order chi connectivity index (χ0) is 22.4. The molecule has 1 saturated heterocycles. The van der Waals surface area contributed by atoms with Crippen molar-refractivity contribution in [3.05, 3.63) is 82.4 Å². The van der Waals surface area contributed by atoms with Crippen LogP contribution in [0.2, 0.25) is 0 Å². The van der Waals surface area contributed by atoms with E-state index >= 15 is 0 Å². The highest BCUT2D eigenvalue weighted by Crippen LogP contribution is 2.33. The fourth-order valence-corrected chi connectivity index (χ4v) is 5.38. The van der Waals surface area contributed by atoms with Crippen molar-refractivity contribution in [1.29, 1.82) is 0 Å². The Labute approximate surface area is 192 Å². The first-order chi connectivity index (χ1) is 16.2. The lowest BCUT2D eigenvalue weighted by atomic mass is 9.92. The lowest BCUT2D eigenvalue weighted by Gasteiger charge is -2.32. The summed E-state index contributed by atoms with van der Waals surface area (Å²) >= 11 is 0. The lowest BCUT2D eigenvalue weighted by Crippen LogP contribution is -2.38. The van der Waals surface area contributed by atoms with Gasteiger partial charge in [0.1, 0.15) is 17.8 Å². The second kappa shape index (κ2) is 8.14. The molecule has 0 N–H and O–H groups in total. The number of carbonyl (C=O) groups is 2. The zero-order valence-corrected chi connectivity index (χ0v) is 18.4. The van der Waals surface area contributed by atoms with E-state index in [1.807, 2.05) is 41.3 Å². The molecule has 2 aromatic carbocycles. The molecule has 33 heavy (non-hydrogen) atoms. The van der Waals surface area contributed by atoms with Crippen LogP contribution in [0.15, 0.2) is 48.5 Å². The maximum Gasteiger partial charge on any atom is 0.339 e. The summed E-state index contributed by atoms with van der Waals surface area (Å²) in [6, 6.07) is 15.1. The number of ether oxygens (including phenoxy) is 1. The van der Waals surface area contributed by atoms with E-state index in [1.54, 1.807) is 12.1 Å². The minimum absolute atomic E-state index is 0.0259. The van der Waals surface area contributed by atoms with Crippen LogP contribution in [0.3, 0.4) is 0 Å². The number of aromatic nitrogens is 3. The van der Waals surface area contributed by atoms with Gasteiger partial charge in [-0.05, 0) is 48.6 Å². The number of likely N-dealkylation sites (tertiary alicyclic amines) is 1. The number of rotatable bonds is 3. The summed E-state index contributed by atoms with van der Waals surface area (Å²) in [6.07, 6.45) is 4.21. The monoisotopic (exact) mass is 442 g/mol. The first-order valence-corrected chi connectivity index (χ1v) is 11.8. The van der Waals surface area contributed by atoms with E-state index < -0.39 is 0 Å². The zero-order valence-electron chi connectivity index (χ0n) is 18.4. The van der Waals surface area contributed by atoms with Gasteiger partial charge in [0.25, 0.3) is 5.91 Å². The van der Waals surface area contributed by atoms with Crippen LogP contribution in [0.25, 0.3) is 0 Å². The van der Waals surface area contributed by atoms with Crippen LogP contribution in [0.1, 0.15) is 74.8 Å². The van der Waals surface area contributed by atoms with Gasteiger partial charge in [0.2, 0.25) is 0 Å². The molecular weight excluding hydrogens is 416 g/mol. The van der Waals surface area contributed by atoms with Crippen LogP contribution in [-0.4, -0.2) is 44.6 Å². The normalized spacial score (nSPS) is 20.3. The molecular formula is C26H26N4O3. The van der Waals surface area contributed by atoms with Crippen molar-refractivity contribution in [1.82, 2.24) is 19.7 Å². The van der Waals surface area contributed by atoms with Gasteiger partial charge in [-0.3, -0.25) is 4.79 Å². The summed E-state index contributed by atoms with van der Waals surface area (Å²) in [7, 11) is 0. The van der Waals surface area contributed by atoms with E-state index in [-0.39, 0.29) is 18.0 Å². The summed E-state index contributed by atoms with van der Waals surface area (Å²) in [5.41, 5.74) is 3.03. The molecule has 6 rings (SSSR count). The molecule has 7 heteroatoms. The number of aryl methyl sites for hydroxylation is 1. The predicted molar refractivity (Wildman–Crippen MR) is 121 cm³/mol. The van der Waals surface area contributed by atoms with Gasteiger partial charge >= 0.3 is 5.97 Å². The molecule has 1 aromatic heterocycles. The molecule has 1 amide bonds. The molecule has 1 fully saturated rings. The molecule has 0 radical (unpaired) electrons. The molecule has 3 aromatic rings. The van der Waals surface area contributed by atoms with Gasteiger partial charge in [-0.2, -0.15) is 0 Å². The average Bonchev–Trinajstić information content (AvgIpc) is 3.48. The van der Waals surface area contributed by atoms with Gasteiger partial charge in [-0.15, -0.1) is 10.2 Å². The second-order valence-electron chi connectivity index (χ2n) is 9.18. The highest BCUT2D eigenvalue weighted by Gasteiger charge is 2.31. The highest BCUT2D eigenvalue weighted by atomic mass is 16.5. The van der Waals surface area contributed by atoms with Crippen molar-refractivity contribution in [2.75, 3.05) is 13.1 Å². The van der Waals surface area contributed by atoms with Gasteiger partial charge in [-0.1, -0.05) is 30.3 Å². The summed E-state index contributed by atoms with van der Waals surface area (Å²) in [6.45, 7) is 2.42. The first-order valence-electron chi connectivity index (χ1n) is 11.8. The Morgan fingerprint density at radius 1 is 1.00 bits per heavy atom. The molecule has 3 aliphatic heterocycles. The maximum absolute atomic E-state index is 13.3. The number of carbonyl (C=O) groups excluding carboxylic acids is 2. The molecule has 4 heterocycles. The minimum Gasteiger partial charge on any atom is -0.454 e. The van der Waals surface area contributed by atoms with Gasteiger partial charge in [0.05, 0.1) is 5.56 Å². The third kappa shape index (κ3) is 3.61. The molecule has 0 saturated carbocycles. The quantitative estimate of drug-likeness (QED) is 0.578. The number of cyclic esters (lactones) is 1. The van der Waals surface area contributed by atoms with Crippen molar-refractivity contribution in [2.45, 2.75) is 50.7 Å². The fraction of sp³-hybridized carbons (Fsp3) is 0.385. The van der Waals surface area contributed by atoms with Gasteiger partial charge < -0.3 is 14.2 Å². The van der Waals surface area contributed by atoms with Crippen molar-refractivity contribution >= 4 is 11.9 Å². The fourth-order valence-electron chi connectivity index (χ4n) is 5.38. The van der Waals surface area contributed by atoms with E-state index in [0.717, 1.165) is 55.0 Å². The van der Waals surface area contributed by atoms with Gasteiger partial charge in [0.15, 0.2) is 0 Å². The number of nitrogens with zero attached hydrogens (tertiary/aromatic N) is 4. The molecule has 0 bridgehead atoms. The SMILES string of the molecule is O=C1OC(c2ccccc2)Cc2cc(C(=O)N3CCC(c4nnc5n4CCC5)CC3)ccc21. The van der Waals surface area contributed by atoms with E-state index in [9.17, 15) is 9.59 Å². The molecule has 7 nitrogen and oxygen atoms in total. The molecule has 168 valence electrons. The van der Waals surface area contributed by atoms with Crippen molar-refractivity contribution in [3.8, 4) is 0 Å². The van der Waals surface area contributed by atoms with Crippen LogP contribution in [0.5, 0.6) is 0 Å². The highest BCUT2D eigenvalue weighted by molar-refractivity contribution is 5.97. The number of hydrogen-bond donors (Lipinski definition) is 0. The predicted octanol–water partition coefficient (Wildman–Crippen LogP) is 3.70. The second-order valence-corrected chi connectivity index (χ2v) is 9.18. The standard InChI is InChI=1S/C26H26N4O3/c31-25(29-13-10-18(11-14-29)24-28-27-23-7-4-12-30(23)24)19-8-9-21-20(15-19)16-22(33-26(21)32)17-5-2-1-3-6-17/h1-3,5-6,8-9,15,18,22H,4,7,10-14,16H2. The van der Waals surface area contributed by atoms with Crippen molar-refractivity contribution < 1.29 is 14.3 Å². The third-order valence-electron chi connectivity index (χ3n) is 7.18. The molecule has 1 unspecified atom stereocenters. The molecule has 3 aliphatic rings. The Morgan fingerprint density at radius 3 is 2.64 bits per heavy atom. The molecule has 1 atom stereocenters. The first kappa shape index (κ1) is 20.1. The topological polar surface area (TPSA) is 77.3 Å². The molecule has 0 spiro atoms. The van der Waals surface area contributed by atoms with Gasteiger partial charge in [-0.25, -0.2) is 4.79 Å². The Bertz CT molecular complexity index is 1210. The van der Waals surface area contributed by atoms with E-state index in [0.29, 0.717) is 36.6 Å². The summed E-state index contributed by atoms with van der Waals surface area (Å²) in [5.74, 6) is 2.25. The molecule has 0 aliphatic carbocycles. The van der Waals surface area contributed by atoms with Crippen molar-refractivity contribution in [3.63, 3.8) is 0 Å². The number of amides is 1. The minimum atomic E-state index is -0.328. The van der Waals surface area contributed by atoms with Crippen LogP contribution in [0, 0.1) is 0 Å². The van der Waals surface area contributed by atoms with E-state index in [1.165, 1.54) is 0 Å². The number of esters is 1. The number of piperidine rings is 1. The Hall–Kier alpha value is -3.48. The summed E-state index contributed by atoms with van der Waals surface area (Å²) in [4.78, 5) is 27.8. The summed E-state index contributed by atoms with van der Waals surface area (Å²) in [5, 5.41) is 8.79. The smallest absolute Gasteiger partial charge is 0.339 e. The van der Waals surface area contributed by atoms with Crippen LogP contribution >= 0.6 is 0 Å². The van der Waals surface area contributed by atoms with Crippen molar-refractivity contribution in [2.24, 2.45) is 0 Å². The largest absolute Gasteiger partial charge is 0.454 e. The van der Waals surface area contributed by atoms with E-state index in [2.05, 4.69) is 14.8 Å². The van der Waals surface area contributed by atoms with Crippen LogP contribution in [0.4, 0.5) is 0 Å². The third-order valence-corrected chi connectivity index (χ3v) is 7.18. The Kier molecular flexibility index (Phi) is 4.97. The van der Waals surface area contributed by atoms with E-state index in [4.69, 9.17) is 4.74 Å². The number of fused-ring (bicyclic) bond motifs is 2. The Morgan fingerprint density at radius 2 is 1.82 bits per heavy atom. The Balaban J connectivity index is 1.16. The van der Waals surface area contributed by atoms with Crippen LogP contribution < -0.4 is 0 Å². The van der Waals surface area contributed by atoms with Gasteiger partial charge in [0, 0.05) is 44.0 Å². The number of hydrogen-bond acceptors (Lipinski definition) is 5. The summed E-state index contributed by atoms with van der Waals surface area (Å²) < 4.78 is 7.92. The lowest BCUT2D eigenvalue weighted by molar-refractivity contribution is 0.0252. The average molecular weight is 443 g/mol. The maximum atomic E-state index is 13.3. The number of benzene rings is 2.